The molecule has 1 heterocycles. The average Bonchev–Trinajstić information content (AvgIpc) is 2.75. The SMILES string of the molecule is CCC(CC)NC(=O)/C=C1/Sc2ccccc2N(Cc2cccc(OC)c2)C1=O. The van der Waals surface area contributed by atoms with E-state index in [2.05, 4.69) is 5.32 Å². The Labute approximate surface area is 176 Å². The van der Waals surface area contributed by atoms with Gasteiger partial charge in [0, 0.05) is 17.0 Å². The van der Waals surface area contributed by atoms with Gasteiger partial charge in [-0.2, -0.15) is 0 Å². The Morgan fingerprint density at radius 3 is 2.66 bits per heavy atom. The van der Waals surface area contributed by atoms with E-state index in [4.69, 9.17) is 4.74 Å². The van der Waals surface area contributed by atoms with Crippen molar-refractivity contribution in [1.82, 2.24) is 5.32 Å². The van der Waals surface area contributed by atoms with Crippen molar-refractivity contribution in [2.75, 3.05) is 12.0 Å². The second kappa shape index (κ2) is 9.65. The van der Waals surface area contributed by atoms with E-state index in [1.807, 2.05) is 62.4 Å². The Morgan fingerprint density at radius 2 is 1.93 bits per heavy atom. The zero-order valence-corrected chi connectivity index (χ0v) is 17.8. The highest BCUT2D eigenvalue weighted by molar-refractivity contribution is 8.04. The van der Waals surface area contributed by atoms with Crippen molar-refractivity contribution < 1.29 is 14.3 Å². The maximum atomic E-state index is 13.2. The lowest BCUT2D eigenvalue weighted by Gasteiger charge is -2.30. The first-order valence-corrected chi connectivity index (χ1v) is 10.6. The molecule has 29 heavy (non-hydrogen) atoms. The quantitative estimate of drug-likeness (QED) is 0.682. The fourth-order valence-electron chi connectivity index (χ4n) is 3.23. The Bertz CT molecular complexity index is 922. The standard InChI is InChI=1S/C23H26N2O3S/c1-4-17(5-2)24-22(26)14-21-23(27)25(19-11-6-7-12-20(19)29-21)15-16-9-8-10-18(13-16)28-3/h6-14,17H,4-5,15H2,1-3H3,(H,24,26)/b21-14+. The summed E-state index contributed by atoms with van der Waals surface area (Å²) in [5.41, 5.74) is 1.81. The average molecular weight is 411 g/mol. The molecule has 152 valence electrons. The van der Waals surface area contributed by atoms with E-state index in [0.29, 0.717) is 11.4 Å². The number of ether oxygens (including phenoxy) is 1. The largest absolute Gasteiger partial charge is 0.497 e. The molecule has 5 nitrogen and oxygen atoms in total. The van der Waals surface area contributed by atoms with Crippen LogP contribution in [0.15, 0.2) is 64.4 Å². The minimum Gasteiger partial charge on any atom is -0.497 e. The maximum absolute atomic E-state index is 13.2. The molecule has 1 N–H and O–H groups in total. The monoisotopic (exact) mass is 410 g/mol. The summed E-state index contributed by atoms with van der Waals surface area (Å²) in [5.74, 6) is 0.349. The third-order valence-corrected chi connectivity index (χ3v) is 5.98. The van der Waals surface area contributed by atoms with Crippen LogP contribution < -0.4 is 15.0 Å². The lowest BCUT2D eigenvalue weighted by atomic mass is 10.1. The molecule has 0 atom stereocenters. The van der Waals surface area contributed by atoms with Crippen LogP contribution in [0.5, 0.6) is 5.75 Å². The maximum Gasteiger partial charge on any atom is 0.265 e. The highest BCUT2D eigenvalue weighted by Crippen LogP contribution is 2.41. The number of anilines is 1. The van der Waals surface area contributed by atoms with Crippen molar-refractivity contribution in [3.8, 4) is 5.75 Å². The van der Waals surface area contributed by atoms with Crippen LogP contribution in [0, 0.1) is 0 Å². The first-order chi connectivity index (χ1) is 14.0. The summed E-state index contributed by atoms with van der Waals surface area (Å²) >= 11 is 1.34. The molecule has 0 spiro atoms. The number of carbonyl (C=O) groups is 2. The van der Waals surface area contributed by atoms with Crippen LogP contribution in [0.25, 0.3) is 0 Å². The number of nitrogens with one attached hydrogen (secondary N) is 1. The summed E-state index contributed by atoms with van der Waals surface area (Å²) in [6, 6.07) is 15.5. The zero-order valence-electron chi connectivity index (χ0n) is 17.0. The first-order valence-electron chi connectivity index (χ1n) is 9.79. The molecule has 2 amide bonds. The number of hydrogen-bond donors (Lipinski definition) is 1. The summed E-state index contributed by atoms with van der Waals surface area (Å²) in [4.78, 5) is 28.8. The molecule has 3 rings (SSSR count). The second-order valence-electron chi connectivity index (χ2n) is 6.84. The van der Waals surface area contributed by atoms with E-state index in [-0.39, 0.29) is 17.9 Å². The third-order valence-electron chi connectivity index (χ3n) is 4.90. The van der Waals surface area contributed by atoms with E-state index in [1.54, 1.807) is 12.0 Å². The van der Waals surface area contributed by atoms with Crippen LogP contribution >= 0.6 is 11.8 Å². The minimum atomic E-state index is -0.227. The number of fused-ring (bicyclic) bond motifs is 1. The molecule has 2 aromatic rings. The summed E-state index contributed by atoms with van der Waals surface area (Å²) < 4.78 is 5.30. The number of hydrogen-bond acceptors (Lipinski definition) is 4. The molecule has 0 radical (unpaired) electrons. The van der Waals surface area contributed by atoms with Gasteiger partial charge in [0.15, 0.2) is 0 Å². The Morgan fingerprint density at radius 1 is 1.17 bits per heavy atom. The van der Waals surface area contributed by atoms with Crippen LogP contribution in [0.2, 0.25) is 0 Å². The molecule has 0 aromatic heterocycles. The van der Waals surface area contributed by atoms with Crippen molar-refractivity contribution in [3.63, 3.8) is 0 Å². The zero-order chi connectivity index (χ0) is 20.8. The Hall–Kier alpha value is -2.73. The number of thioether (sulfide) groups is 1. The number of rotatable bonds is 7. The number of para-hydroxylation sites is 1. The third kappa shape index (κ3) is 5.01. The molecule has 2 aromatic carbocycles. The van der Waals surface area contributed by atoms with Gasteiger partial charge >= 0.3 is 0 Å². The predicted octanol–water partition coefficient (Wildman–Crippen LogP) is 4.52. The van der Waals surface area contributed by atoms with Crippen molar-refractivity contribution in [1.29, 1.82) is 0 Å². The summed E-state index contributed by atoms with van der Waals surface area (Å²) in [7, 11) is 1.62. The minimum absolute atomic E-state index is 0.114. The second-order valence-corrected chi connectivity index (χ2v) is 7.93. The smallest absolute Gasteiger partial charge is 0.265 e. The van der Waals surface area contributed by atoms with Crippen molar-refractivity contribution in [2.45, 2.75) is 44.2 Å². The number of benzene rings is 2. The molecule has 0 bridgehead atoms. The predicted molar refractivity (Wildman–Crippen MR) is 117 cm³/mol. The lowest BCUT2D eigenvalue weighted by Crippen LogP contribution is -2.36. The van der Waals surface area contributed by atoms with Gasteiger partial charge in [-0.05, 0) is 42.7 Å². The molecule has 0 fully saturated rings. The number of methoxy groups -OCH3 is 1. The molecule has 1 aliphatic rings. The number of nitrogens with zero attached hydrogens (tertiary/aromatic N) is 1. The Kier molecular flexibility index (Phi) is 6.99. The van der Waals surface area contributed by atoms with Gasteiger partial charge in [0.25, 0.3) is 5.91 Å². The van der Waals surface area contributed by atoms with Gasteiger partial charge in [-0.1, -0.05) is 49.9 Å². The highest BCUT2D eigenvalue weighted by Gasteiger charge is 2.29. The van der Waals surface area contributed by atoms with Crippen LogP contribution in [-0.4, -0.2) is 25.0 Å². The molecule has 0 aliphatic carbocycles. The summed E-state index contributed by atoms with van der Waals surface area (Å²) in [6.07, 6.45) is 3.15. The number of amides is 2. The highest BCUT2D eigenvalue weighted by atomic mass is 32.2. The van der Waals surface area contributed by atoms with E-state index in [0.717, 1.165) is 34.7 Å². The lowest BCUT2D eigenvalue weighted by molar-refractivity contribution is -0.118. The topological polar surface area (TPSA) is 58.6 Å². The number of carbonyl (C=O) groups excluding carboxylic acids is 2. The van der Waals surface area contributed by atoms with Crippen LogP contribution in [0.3, 0.4) is 0 Å². The normalized spacial score (nSPS) is 14.8. The van der Waals surface area contributed by atoms with Crippen molar-refractivity contribution in [3.05, 3.63) is 65.1 Å². The molecule has 6 heteroatoms. The van der Waals surface area contributed by atoms with E-state index in [9.17, 15) is 9.59 Å². The van der Waals surface area contributed by atoms with Gasteiger partial charge in [-0.3, -0.25) is 9.59 Å². The van der Waals surface area contributed by atoms with E-state index < -0.39 is 0 Å². The fraction of sp³-hybridized carbons (Fsp3) is 0.304. The molecular weight excluding hydrogens is 384 g/mol. The van der Waals surface area contributed by atoms with Crippen LogP contribution in [0.1, 0.15) is 32.3 Å². The van der Waals surface area contributed by atoms with Gasteiger partial charge < -0.3 is 15.0 Å². The molecule has 0 unspecified atom stereocenters. The van der Waals surface area contributed by atoms with E-state index in [1.165, 1.54) is 17.8 Å². The van der Waals surface area contributed by atoms with Crippen molar-refractivity contribution in [2.24, 2.45) is 0 Å². The van der Waals surface area contributed by atoms with Crippen LogP contribution in [-0.2, 0) is 16.1 Å². The molecule has 0 saturated heterocycles. The Balaban J connectivity index is 1.90. The first kappa shape index (κ1) is 21.0. The molecule has 0 saturated carbocycles. The van der Waals surface area contributed by atoms with Gasteiger partial charge in [-0.25, -0.2) is 0 Å². The molecular formula is C23H26N2O3S. The van der Waals surface area contributed by atoms with Gasteiger partial charge in [0.1, 0.15) is 5.75 Å². The van der Waals surface area contributed by atoms with Gasteiger partial charge in [0.05, 0.1) is 24.2 Å². The van der Waals surface area contributed by atoms with E-state index >= 15 is 0 Å². The molecule has 1 aliphatic heterocycles. The summed E-state index contributed by atoms with van der Waals surface area (Å²) in [5, 5.41) is 2.97. The van der Waals surface area contributed by atoms with Gasteiger partial charge in [-0.15, -0.1) is 0 Å². The summed E-state index contributed by atoms with van der Waals surface area (Å²) in [6.45, 7) is 4.47. The van der Waals surface area contributed by atoms with Gasteiger partial charge in [0.2, 0.25) is 5.91 Å². The van der Waals surface area contributed by atoms with Crippen LogP contribution in [0.4, 0.5) is 5.69 Å². The fourth-order valence-corrected chi connectivity index (χ4v) is 4.26. The van der Waals surface area contributed by atoms with Crippen molar-refractivity contribution >= 4 is 29.3 Å².